The van der Waals surface area contributed by atoms with Gasteiger partial charge in [-0.15, -0.1) is 0 Å². The highest BCUT2D eigenvalue weighted by molar-refractivity contribution is 6.51. The molecule has 1 amide bonds. The van der Waals surface area contributed by atoms with E-state index >= 15 is 0 Å². The number of carbonyl (C=O) groups excluding carboxylic acids is 2. The smallest absolute Gasteiger partial charge is 0.302 e. The second kappa shape index (κ2) is 7.96. The summed E-state index contributed by atoms with van der Waals surface area (Å²) >= 11 is 5.90. The van der Waals surface area contributed by atoms with Gasteiger partial charge in [-0.3, -0.25) is 24.6 Å². The Balaban J connectivity index is 1.96. The summed E-state index contributed by atoms with van der Waals surface area (Å²) in [4.78, 5) is 45.6. The minimum absolute atomic E-state index is 0.0729. The summed E-state index contributed by atoms with van der Waals surface area (Å²) in [6.07, 6.45) is 2.79. The second-order valence-electron chi connectivity index (χ2n) is 6.58. The lowest BCUT2D eigenvalue weighted by atomic mass is 9.95. The summed E-state index contributed by atoms with van der Waals surface area (Å²) in [5.74, 6) is -2.43. The Morgan fingerprint density at radius 3 is 2.39 bits per heavy atom. The van der Waals surface area contributed by atoms with Crippen LogP contribution in [0.4, 0.5) is 11.6 Å². The topological polar surface area (TPSA) is 127 Å². The summed E-state index contributed by atoms with van der Waals surface area (Å²) in [6.45, 7) is 0. The van der Waals surface area contributed by atoms with Crippen molar-refractivity contribution in [2.45, 2.75) is 6.04 Å². The number of carbonyl (C=O) groups is 2. The van der Waals surface area contributed by atoms with Crippen molar-refractivity contribution >= 4 is 40.7 Å². The number of ketones is 1. The molecule has 1 saturated heterocycles. The SMILES string of the molecule is O=C1C(=O)N(c2ncccn2)C(c2cccc([N+](=O)[O-])c2)/C1=C(/O)c1ccc(Cl)cc1. The average molecular weight is 437 g/mol. The third-order valence-electron chi connectivity index (χ3n) is 4.73. The van der Waals surface area contributed by atoms with Crippen molar-refractivity contribution in [1.82, 2.24) is 9.97 Å². The van der Waals surface area contributed by atoms with E-state index in [1.54, 1.807) is 0 Å². The van der Waals surface area contributed by atoms with Crippen LogP contribution in [0.25, 0.3) is 5.76 Å². The number of amides is 1. The molecule has 0 bridgehead atoms. The van der Waals surface area contributed by atoms with Crippen LogP contribution in [0.3, 0.4) is 0 Å². The molecule has 154 valence electrons. The zero-order valence-electron chi connectivity index (χ0n) is 15.7. The van der Waals surface area contributed by atoms with Crippen LogP contribution in [0, 0.1) is 10.1 Å². The van der Waals surface area contributed by atoms with Crippen LogP contribution >= 0.6 is 11.6 Å². The van der Waals surface area contributed by atoms with Crippen LogP contribution in [0.1, 0.15) is 17.2 Å². The molecule has 1 aromatic heterocycles. The van der Waals surface area contributed by atoms with Gasteiger partial charge in [0.05, 0.1) is 16.5 Å². The highest BCUT2D eigenvalue weighted by atomic mass is 35.5. The van der Waals surface area contributed by atoms with Crippen molar-refractivity contribution in [2.75, 3.05) is 4.90 Å². The average Bonchev–Trinajstić information content (AvgIpc) is 3.05. The molecule has 3 aromatic rings. The fraction of sp³-hybridized carbons (Fsp3) is 0.0476. The Morgan fingerprint density at radius 2 is 1.74 bits per heavy atom. The van der Waals surface area contributed by atoms with Crippen LogP contribution in [-0.4, -0.2) is 31.7 Å². The lowest BCUT2D eigenvalue weighted by molar-refractivity contribution is -0.384. The zero-order chi connectivity index (χ0) is 22.1. The third kappa shape index (κ3) is 3.62. The van der Waals surface area contributed by atoms with Gasteiger partial charge in [0.2, 0.25) is 5.95 Å². The summed E-state index contributed by atoms with van der Waals surface area (Å²) in [5, 5.41) is 22.6. The maximum absolute atomic E-state index is 12.9. The van der Waals surface area contributed by atoms with Crippen molar-refractivity contribution in [2.24, 2.45) is 0 Å². The number of aromatic nitrogens is 2. The summed E-state index contributed by atoms with van der Waals surface area (Å²) in [5.41, 5.74) is 0.0343. The van der Waals surface area contributed by atoms with E-state index in [9.17, 15) is 24.8 Å². The Hall–Kier alpha value is -4.11. The van der Waals surface area contributed by atoms with Crippen LogP contribution < -0.4 is 4.90 Å². The number of nitro benzene ring substituents is 1. The number of halogens is 1. The van der Waals surface area contributed by atoms with E-state index in [0.717, 1.165) is 4.90 Å². The molecule has 9 nitrogen and oxygen atoms in total. The largest absolute Gasteiger partial charge is 0.507 e. The van der Waals surface area contributed by atoms with Gasteiger partial charge in [0.25, 0.3) is 11.5 Å². The standard InChI is InChI=1S/C21H13ClN4O5/c22-14-7-5-12(6-8-14)18(27)16-17(13-3-1-4-15(11-13)26(30)31)25(20(29)19(16)28)21-23-9-2-10-24-21/h1-11,17,27H/b18-16-. The quantitative estimate of drug-likeness (QED) is 0.217. The second-order valence-corrected chi connectivity index (χ2v) is 7.01. The molecule has 0 spiro atoms. The first-order valence-corrected chi connectivity index (χ1v) is 9.34. The van der Waals surface area contributed by atoms with E-state index in [-0.39, 0.29) is 28.3 Å². The number of hydrogen-bond acceptors (Lipinski definition) is 7. The number of benzene rings is 2. The van der Waals surface area contributed by atoms with Crippen molar-refractivity contribution < 1.29 is 19.6 Å². The van der Waals surface area contributed by atoms with Gasteiger partial charge >= 0.3 is 5.91 Å². The maximum Gasteiger partial charge on any atom is 0.302 e. The van der Waals surface area contributed by atoms with Gasteiger partial charge in [-0.1, -0.05) is 23.7 Å². The van der Waals surface area contributed by atoms with Crippen molar-refractivity contribution in [3.8, 4) is 0 Å². The van der Waals surface area contributed by atoms with Gasteiger partial charge in [-0.25, -0.2) is 9.97 Å². The number of aliphatic hydroxyl groups excluding tert-OH is 1. The Morgan fingerprint density at radius 1 is 1.06 bits per heavy atom. The number of aliphatic hydroxyl groups is 1. The van der Waals surface area contributed by atoms with Gasteiger partial charge in [0, 0.05) is 35.1 Å². The monoisotopic (exact) mass is 436 g/mol. The van der Waals surface area contributed by atoms with E-state index in [2.05, 4.69) is 9.97 Å². The van der Waals surface area contributed by atoms with Crippen LogP contribution in [0.15, 0.2) is 72.6 Å². The van der Waals surface area contributed by atoms with Crippen LogP contribution in [0.5, 0.6) is 0 Å². The van der Waals surface area contributed by atoms with Gasteiger partial charge in [0.1, 0.15) is 5.76 Å². The molecule has 4 rings (SSSR count). The predicted molar refractivity (Wildman–Crippen MR) is 111 cm³/mol. The Kier molecular flexibility index (Phi) is 5.18. The molecule has 1 aliphatic rings. The molecule has 10 heteroatoms. The number of hydrogen-bond donors (Lipinski definition) is 1. The third-order valence-corrected chi connectivity index (χ3v) is 4.98. The minimum atomic E-state index is -1.17. The fourth-order valence-electron chi connectivity index (χ4n) is 3.34. The molecule has 1 fully saturated rings. The van der Waals surface area contributed by atoms with Gasteiger partial charge in [-0.05, 0) is 35.9 Å². The number of non-ortho nitro benzene ring substituents is 1. The number of nitrogens with zero attached hydrogens (tertiary/aromatic N) is 4. The molecule has 0 radical (unpaired) electrons. The number of anilines is 1. The fourth-order valence-corrected chi connectivity index (χ4v) is 3.47. The summed E-state index contributed by atoms with van der Waals surface area (Å²) < 4.78 is 0. The number of rotatable bonds is 4. The first-order chi connectivity index (χ1) is 14.9. The van der Waals surface area contributed by atoms with E-state index in [1.165, 1.54) is 67.0 Å². The van der Waals surface area contributed by atoms with E-state index in [0.29, 0.717) is 5.02 Å². The lowest BCUT2D eigenvalue weighted by Crippen LogP contribution is -2.31. The molecule has 2 aromatic carbocycles. The van der Waals surface area contributed by atoms with Gasteiger partial charge in [-0.2, -0.15) is 0 Å². The lowest BCUT2D eigenvalue weighted by Gasteiger charge is -2.23. The highest BCUT2D eigenvalue weighted by Crippen LogP contribution is 2.41. The minimum Gasteiger partial charge on any atom is -0.507 e. The molecule has 2 heterocycles. The molecule has 0 aliphatic carbocycles. The first kappa shape index (κ1) is 20.2. The molecular formula is C21H13ClN4O5. The molecule has 1 atom stereocenters. The first-order valence-electron chi connectivity index (χ1n) is 8.97. The molecule has 1 unspecified atom stereocenters. The zero-order valence-corrected chi connectivity index (χ0v) is 16.4. The van der Waals surface area contributed by atoms with Crippen LogP contribution in [0.2, 0.25) is 5.02 Å². The van der Waals surface area contributed by atoms with Crippen LogP contribution in [-0.2, 0) is 9.59 Å². The van der Waals surface area contributed by atoms with Gasteiger partial charge in [0.15, 0.2) is 0 Å². The Labute approximate surface area is 180 Å². The Bertz CT molecular complexity index is 1230. The summed E-state index contributed by atoms with van der Waals surface area (Å²) in [6, 6.07) is 11.9. The van der Waals surface area contributed by atoms with E-state index < -0.39 is 28.4 Å². The summed E-state index contributed by atoms with van der Waals surface area (Å²) in [7, 11) is 0. The molecule has 31 heavy (non-hydrogen) atoms. The maximum atomic E-state index is 12.9. The molecular weight excluding hydrogens is 424 g/mol. The highest BCUT2D eigenvalue weighted by Gasteiger charge is 2.48. The van der Waals surface area contributed by atoms with E-state index in [1.807, 2.05) is 0 Å². The predicted octanol–water partition coefficient (Wildman–Crippen LogP) is 3.66. The number of Topliss-reactive ketones (excluding diaryl/α,β-unsaturated/α-hetero) is 1. The molecule has 1 aliphatic heterocycles. The van der Waals surface area contributed by atoms with Crippen molar-refractivity contribution in [3.05, 3.63) is 98.8 Å². The molecule has 0 saturated carbocycles. The van der Waals surface area contributed by atoms with Gasteiger partial charge < -0.3 is 5.11 Å². The normalized spacial score (nSPS) is 17.7. The molecule has 1 N–H and O–H groups in total. The van der Waals surface area contributed by atoms with Crippen molar-refractivity contribution in [3.63, 3.8) is 0 Å². The van der Waals surface area contributed by atoms with E-state index in [4.69, 9.17) is 11.6 Å². The van der Waals surface area contributed by atoms with Crippen molar-refractivity contribution in [1.29, 1.82) is 0 Å². The number of nitro groups is 1.